The number of aliphatic hydroxyl groups is 1. The van der Waals surface area contributed by atoms with E-state index in [0.717, 1.165) is 25.0 Å². The molecular weight excluding hydrogens is 460 g/mol. The van der Waals surface area contributed by atoms with Crippen LogP contribution >= 0.6 is 11.6 Å². The van der Waals surface area contributed by atoms with Gasteiger partial charge in [-0.2, -0.15) is 0 Å². The first kappa shape index (κ1) is 23.1. The van der Waals surface area contributed by atoms with Crippen molar-refractivity contribution in [3.8, 4) is 0 Å². The fraction of sp³-hybridized carbons (Fsp3) is 0.435. The van der Waals surface area contributed by atoms with Gasteiger partial charge in [-0.05, 0) is 81.2 Å². The summed E-state index contributed by atoms with van der Waals surface area (Å²) in [5.74, 6) is -2.99. The number of benzene rings is 2. The Morgan fingerprint density at radius 3 is 2.34 bits per heavy atom. The number of halogens is 3. The number of sulfone groups is 1. The molecule has 2 N–H and O–H groups in total. The van der Waals surface area contributed by atoms with Crippen LogP contribution in [0.25, 0.3) is 0 Å². The molecule has 32 heavy (non-hydrogen) atoms. The summed E-state index contributed by atoms with van der Waals surface area (Å²) >= 11 is 6.22. The Bertz CT molecular complexity index is 1180. The predicted octanol–water partition coefficient (Wildman–Crippen LogP) is 4.89. The van der Waals surface area contributed by atoms with Crippen LogP contribution in [-0.4, -0.2) is 30.3 Å². The molecule has 0 aliphatic heterocycles. The van der Waals surface area contributed by atoms with Crippen LogP contribution in [0.2, 0.25) is 5.02 Å². The third-order valence-corrected chi connectivity index (χ3v) is 9.72. The smallest absolute Gasteiger partial charge is 0.255 e. The monoisotopic (exact) mass is 483 g/mol. The highest BCUT2D eigenvalue weighted by molar-refractivity contribution is 7.92. The summed E-state index contributed by atoms with van der Waals surface area (Å²) < 4.78 is 53.8. The number of rotatable bonds is 4. The van der Waals surface area contributed by atoms with Gasteiger partial charge in [0.25, 0.3) is 5.91 Å². The average molecular weight is 484 g/mol. The topological polar surface area (TPSA) is 83.5 Å². The Morgan fingerprint density at radius 1 is 1.12 bits per heavy atom. The minimum Gasteiger partial charge on any atom is -0.390 e. The molecule has 1 amide bonds. The Labute approximate surface area is 190 Å². The third-order valence-electron chi connectivity index (χ3n) is 7.07. The molecular formula is C23H24ClF2NO4S. The summed E-state index contributed by atoms with van der Waals surface area (Å²) in [5, 5.41) is 12.5. The van der Waals surface area contributed by atoms with Gasteiger partial charge in [-0.1, -0.05) is 11.6 Å². The SMILES string of the molecule is Cc1cc(F)c(F)cc1NC(=O)c1ccc(Cl)c(S(=O)(=O)C2CC3CCC(C2)C3(C)O)c1. The van der Waals surface area contributed by atoms with Crippen molar-refractivity contribution in [2.75, 3.05) is 5.32 Å². The molecule has 2 unspecified atom stereocenters. The van der Waals surface area contributed by atoms with Crippen LogP contribution in [0, 0.1) is 30.4 Å². The molecule has 4 rings (SSSR count). The van der Waals surface area contributed by atoms with Gasteiger partial charge in [-0.3, -0.25) is 4.79 Å². The van der Waals surface area contributed by atoms with Gasteiger partial charge in [0.15, 0.2) is 21.5 Å². The number of nitrogens with one attached hydrogen (secondary N) is 1. The van der Waals surface area contributed by atoms with Crippen LogP contribution < -0.4 is 5.32 Å². The maximum absolute atomic E-state index is 13.6. The van der Waals surface area contributed by atoms with Crippen molar-refractivity contribution in [1.82, 2.24) is 0 Å². The minimum absolute atomic E-state index is 0.00948. The molecule has 2 aliphatic carbocycles. The molecule has 5 nitrogen and oxygen atoms in total. The number of carbonyl (C=O) groups is 1. The van der Waals surface area contributed by atoms with Crippen LogP contribution in [0.4, 0.5) is 14.5 Å². The lowest BCUT2D eigenvalue weighted by Gasteiger charge is -2.40. The normalized spacial score (nSPS) is 27.4. The standard InChI is InChI=1S/C23H24ClF2NO4S/c1-12-7-18(25)19(26)11-20(12)27-22(28)13-3-6-17(24)21(8-13)32(30,31)16-9-14-4-5-15(10-16)23(14,2)29/h3,6-8,11,14-16,29H,4-5,9-10H2,1-2H3,(H,27,28). The van der Waals surface area contributed by atoms with Gasteiger partial charge in [0, 0.05) is 17.3 Å². The van der Waals surface area contributed by atoms with Gasteiger partial charge in [0.2, 0.25) is 0 Å². The van der Waals surface area contributed by atoms with Crippen molar-refractivity contribution in [2.45, 2.75) is 55.3 Å². The van der Waals surface area contributed by atoms with E-state index < -0.39 is 38.2 Å². The molecule has 0 heterocycles. The fourth-order valence-electron chi connectivity index (χ4n) is 5.03. The second-order valence-corrected chi connectivity index (χ2v) is 11.6. The van der Waals surface area contributed by atoms with Crippen LogP contribution in [0.15, 0.2) is 35.2 Å². The molecule has 2 aromatic rings. The van der Waals surface area contributed by atoms with Gasteiger partial charge >= 0.3 is 0 Å². The van der Waals surface area contributed by atoms with E-state index in [1.165, 1.54) is 25.1 Å². The first-order valence-electron chi connectivity index (χ1n) is 10.4. The van der Waals surface area contributed by atoms with E-state index in [1.54, 1.807) is 6.92 Å². The molecule has 2 aliphatic rings. The number of carbonyl (C=O) groups excluding carboxylic acids is 1. The van der Waals surface area contributed by atoms with Crippen molar-refractivity contribution in [3.05, 3.63) is 58.1 Å². The fourth-order valence-corrected chi connectivity index (χ4v) is 7.44. The van der Waals surface area contributed by atoms with Crippen molar-refractivity contribution in [3.63, 3.8) is 0 Å². The first-order chi connectivity index (χ1) is 14.9. The van der Waals surface area contributed by atoms with Gasteiger partial charge in [-0.15, -0.1) is 0 Å². The van der Waals surface area contributed by atoms with Crippen molar-refractivity contribution < 1.29 is 27.1 Å². The number of anilines is 1. The Balaban J connectivity index is 1.62. The van der Waals surface area contributed by atoms with E-state index >= 15 is 0 Å². The average Bonchev–Trinajstić information content (AvgIpc) is 2.88. The quantitative estimate of drug-likeness (QED) is 0.648. The molecule has 2 bridgehead atoms. The zero-order chi connectivity index (χ0) is 23.4. The molecule has 172 valence electrons. The van der Waals surface area contributed by atoms with E-state index in [1.807, 2.05) is 0 Å². The zero-order valence-electron chi connectivity index (χ0n) is 17.7. The predicted molar refractivity (Wildman–Crippen MR) is 118 cm³/mol. The zero-order valence-corrected chi connectivity index (χ0v) is 19.2. The first-order valence-corrected chi connectivity index (χ1v) is 12.4. The van der Waals surface area contributed by atoms with Gasteiger partial charge in [-0.25, -0.2) is 17.2 Å². The largest absolute Gasteiger partial charge is 0.390 e. The minimum atomic E-state index is -3.85. The second kappa shape index (κ2) is 8.08. The Hall–Kier alpha value is -2.03. The number of hydrogen-bond acceptors (Lipinski definition) is 4. The summed E-state index contributed by atoms with van der Waals surface area (Å²) in [5.41, 5.74) is -0.425. The van der Waals surface area contributed by atoms with E-state index in [0.29, 0.717) is 18.4 Å². The molecule has 2 saturated carbocycles. The third kappa shape index (κ3) is 3.93. The number of aryl methyl sites for hydroxylation is 1. The number of hydrogen-bond donors (Lipinski definition) is 2. The lowest BCUT2D eigenvalue weighted by atomic mass is 9.76. The highest BCUT2D eigenvalue weighted by Crippen LogP contribution is 2.51. The van der Waals surface area contributed by atoms with Crippen molar-refractivity contribution in [2.24, 2.45) is 11.8 Å². The Morgan fingerprint density at radius 2 is 1.72 bits per heavy atom. The number of fused-ring (bicyclic) bond motifs is 2. The maximum atomic E-state index is 13.6. The van der Waals surface area contributed by atoms with E-state index in [-0.39, 0.29) is 33.0 Å². The van der Waals surface area contributed by atoms with Gasteiger partial charge < -0.3 is 10.4 Å². The highest BCUT2D eigenvalue weighted by Gasteiger charge is 2.53. The van der Waals surface area contributed by atoms with Crippen LogP contribution in [0.5, 0.6) is 0 Å². The summed E-state index contributed by atoms with van der Waals surface area (Å²) in [6, 6.07) is 5.78. The van der Waals surface area contributed by atoms with E-state index in [4.69, 9.17) is 11.6 Å². The Kier molecular flexibility index (Phi) is 5.84. The second-order valence-electron chi connectivity index (χ2n) is 9.02. The number of amides is 1. The molecule has 0 aromatic heterocycles. The maximum Gasteiger partial charge on any atom is 0.255 e. The highest BCUT2D eigenvalue weighted by atomic mass is 35.5. The molecule has 0 saturated heterocycles. The van der Waals surface area contributed by atoms with Crippen LogP contribution in [-0.2, 0) is 9.84 Å². The van der Waals surface area contributed by atoms with Crippen molar-refractivity contribution in [1.29, 1.82) is 0 Å². The van der Waals surface area contributed by atoms with E-state index in [2.05, 4.69) is 5.32 Å². The van der Waals surface area contributed by atoms with Gasteiger partial charge in [0.05, 0.1) is 20.8 Å². The molecule has 0 spiro atoms. The lowest BCUT2D eigenvalue weighted by Crippen LogP contribution is -2.45. The summed E-state index contributed by atoms with van der Waals surface area (Å²) in [7, 11) is -3.85. The van der Waals surface area contributed by atoms with Crippen LogP contribution in [0.1, 0.15) is 48.5 Å². The van der Waals surface area contributed by atoms with Gasteiger partial charge in [0.1, 0.15) is 0 Å². The summed E-state index contributed by atoms with van der Waals surface area (Å²) in [4.78, 5) is 12.6. The van der Waals surface area contributed by atoms with E-state index in [9.17, 15) is 27.1 Å². The molecule has 2 aromatic carbocycles. The molecule has 2 atom stereocenters. The molecule has 9 heteroatoms. The van der Waals surface area contributed by atoms with Crippen LogP contribution in [0.3, 0.4) is 0 Å². The molecule has 2 fully saturated rings. The summed E-state index contributed by atoms with van der Waals surface area (Å²) in [6.07, 6.45) is 2.25. The summed E-state index contributed by atoms with van der Waals surface area (Å²) in [6.45, 7) is 3.29. The van der Waals surface area contributed by atoms with Crippen molar-refractivity contribution >= 4 is 33.0 Å². The molecule has 0 radical (unpaired) electrons. The lowest BCUT2D eigenvalue weighted by molar-refractivity contribution is -0.0413.